The zero-order valence-corrected chi connectivity index (χ0v) is 10.5. The number of carboxylic acids is 1. The summed E-state index contributed by atoms with van der Waals surface area (Å²) in [7, 11) is 0. The second kappa shape index (κ2) is 9.37. The first-order valence-electron chi connectivity index (χ1n) is 6.37. The summed E-state index contributed by atoms with van der Waals surface area (Å²) >= 11 is 0. The molecule has 0 bridgehead atoms. The van der Waals surface area contributed by atoms with Crippen molar-refractivity contribution in [1.29, 1.82) is 0 Å². The zero-order valence-electron chi connectivity index (χ0n) is 10.5. The highest BCUT2D eigenvalue weighted by molar-refractivity contribution is 5.97. The number of rotatable bonds is 10. The molecule has 0 aromatic carbocycles. The van der Waals surface area contributed by atoms with Gasteiger partial charge >= 0.3 is 0 Å². The van der Waals surface area contributed by atoms with Crippen LogP contribution in [0.25, 0.3) is 0 Å². The van der Waals surface area contributed by atoms with E-state index in [9.17, 15) is 14.7 Å². The number of carbonyl (C=O) groups excluding carboxylic acids is 2. The van der Waals surface area contributed by atoms with Crippen LogP contribution in [0.15, 0.2) is 0 Å². The first kappa shape index (κ1) is 15.1. The number of carboxylic acid groups (broad SMARTS) is 1. The van der Waals surface area contributed by atoms with Gasteiger partial charge in [0, 0.05) is 6.42 Å². The van der Waals surface area contributed by atoms with Crippen molar-refractivity contribution in [2.24, 2.45) is 5.92 Å². The van der Waals surface area contributed by atoms with Crippen LogP contribution in [0.2, 0.25) is 0 Å². The first-order chi connectivity index (χ1) is 7.63. The van der Waals surface area contributed by atoms with Gasteiger partial charge in [-0.15, -0.1) is 0 Å². The maximum atomic E-state index is 11.3. The van der Waals surface area contributed by atoms with E-state index >= 15 is 0 Å². The second-order valence-corrected chi connectivity index (χ2v) is 4.25. The van der Waals surface area contributed by atoms with Crippen molar-refractivity contribution >= 4 is 11.8 Å². The van der Waals surface area contributed by atoms with E-state index < -0.39 is 11.9 Å². The van der Waals surface area contributed by atoms with Gasteiger partial charge in [-0.05, 0) is 6.42 Å². The molecule has 94 valence electrons. The van der Waals surface area contributed by atoms with Gasteiger partial charge in [0.25, 0.3) is 0 Å². The largest absolute Gasteiger partial charge is 0.549 e. The third-order valence-corrected chi connectivity index (χ3v) is 2.87. The molecule has 3 heteroatoms. The molecule has 0 aliphatic heterocycles. The van der Waals surface area contributed by atoms with Crippen molar-refractivity contribution in [2.45, 2.75) is 65.2 Å². The van der Waals surface area contributed by atoms with Crippen molar-refractivity contribution in [2.75, 3.05) is 0 Å². The van der Waals surface area contributed by atoms with E-state index in [1.807, 2.05) is 0 Å². The topological polar surface area (TPSA) is 57.2 Å². The normalized spacial score (nSPS) is 12.4. The van der Waals surface area contributed by atoms with Gasteiger partial charge in [0.15, 0.2) is 0 Å². The van der Waals surface area contributed by atoms with E-state index in [2.05, 4.69) is 6.92 Å². The molecule has 1 atom stereocenters. The quantitative estimate of drug-likeness (QED) is 0.424. The molecule has 1 unspecified atom stereocenters. The number of unbranched alkanes of at least 4 members (excludes halogenated alkanes) is 5. The van der Waals surface area contributed by atoms with E-state index in [4.69, 9.17) is 0 Å². The second-order valence-electron chi connectivity index (χ2n) is 4.25. The van der Waals surface area contributed by atoms with Gasteiger partial charge in [-0.1, -0.05) is 52.4 Å². The van der Waals surface area contributed by atoms with Crippen LogP contribution in [0.3, 0.4) is 0 Å². The Hall–Kier alpha value is -0.860. The van der Waals surface area contributed by atoms with Crippen molar-refractivity contribution in [1.82, 2.24) is 0 Å². The Morgan fingerprint density at radius 3 is 2.06 bits per heavy atom. The van der Waals surface area contributed by atoms with Crippen LogP contribution in [0, 0.1) is 5.92 Å². The summed E-state index contributed by atoms with van der Waals surface area (Å²) in [5.41, 5.74) is 0. The minimum atomic E-state index is -1.21. The molecule has 0 heterocycles. The lowest BCUT2D eigenvalue weighted by Gasteiger charge is -2.15. The Labute approximate surface area is 98.2 Å². The number of ketones is 1. The lowest BCUT2D eigenvalue weighted by atomic mass is 9.95. The Balaban J connectivity index is 3.69. The average Bonchev–Trinajstić information content (AvgIpc) is 2.26. The number of hydrogen-bond donors (Lipinski definition) is 0. The number of Topliss-reactive ketones (excluding diaryl/α,β-unsaturated/α-hetero) is 1. The molecule has 0 spiro atoms. The van der Waals surface area contributed by atoms with E-state index in [-0.39, 0.29) is 12.2 Å². The molecule has 0 aromatic heterocycles. The van der Waals surface area contributed by atoms with Crippen molar-refractivity contribution in [3.8, 4) is 0 Å². The summed E-state index contributed by atoms with van der Waals surface area (Å²) in [5, 5.41) is 10.7. The molecule has 0 saturated carbocycles. The zero-order chi connectivity index (χ0) is 12.4. The predicted molar refractivity (Wildman–Crippen MR) is 61.8 cm³/mol. The minimum Gasteiger partial charge on any atom is -0.549 e. The molecule has 0 N–H and O–H groups in total. The van der Waals surface area contributed by atoms with Gasteiger partial charge < -0.3 is 9.90 Å². The summed E-state index contributed by atoms with van der Waals surface area (Å²) in [6.07, 6.45) is 7.33. The monoisotopic (exact) mass is 227 g/mol. The van der Waals surface area contributed by atoms with Crippen LogP contribution in [0.5, 0.6) is 0 Å². The van der Waals surface area contributed by atoms with Gasteiger partial charge in [0.1, 0.15) is 5.78 Å². The van der Waals surface area contributed by atoms with Crippen LogP contribution in [0.4, 0.5) is 0 Å². The number of hydrogen-bond acceptors (Lipinski definition) is 3. The maximum absolute atomic E-state index is 11.3. The predicted octanol–water partition coefficient (Wildman–Crippen LogP) is 2.08. The summed E-state index contributed by atoms with van der Waals surface area (Å²) in [4.78, 5) is 22.0. The Bertz CT molecular complexity index is 211. The van der Waals surface area contributed by atoms with Crippen LogP contribution in [0.1, 0.15) is 65.2 Å². The van der Waals surface area contributed by atoms with Crippen LogP contribution >= 0.6 is 0 Å². The van der Waals surface area contributed by atoms with Crippen LogP contribution in [-0.4, -0.2) is 11.8 Å². The van der Waals surface area contributed by atoms with Crippen molar-refractivity contribution in [3.63, 3.8) is 0 Å². The highest BCUT2D eigenvalue weighted by Gasteiger charge is 2.16. The fourth-order valence-electron chi connectivity index (χ4n) is 1.79. The summed E-state index contributed by atoms with van der Waals surface area (Å²) in [6.45, 7) is 3.85. The summed E-state index contributed by atoms with van der Waals surface area (Å²) in [6, 6.07) is 0. The molecular formula is C13H23O3-. The molecule has 0 fully saturated rings. The molecule has 0 aromatic rings. The van der Waals surface area contributed by atoms with E-state index in [0.717, 1.165) is 19.3 Å². The fraction of sp³-hybridized carbons (Fsp3) is 0.846. The Kier molecular flexibility index (Phi) is 8.87. The van der Waals surface area contributed by atoms with Gasteiger partial charge in [-0.3, -0.25) is 4.79 Å². The third-order valence-electron chi connectivity index (χ3n) is 2.87. The molecule has 0 aliphatic carbocycles. The van der Waals surface area contributed by atoms with E-state index in [1.54, 1.807) is 6.92 Å². The number of carbonyl (C=O) groups is 2. The molecule has 0 radical (unpaired) electrons. The van der Waals surface area contributed by atoms with E-state index in [0.29, 0.717) is 6.42 Å². The van der Waals surface area contributed by atoms with Gasteiger partial charge in [0.2, 0.25) is 0 Å². The molecule has 0 saturated heterocycles. The van der Waals surface area contributed by atoms with Crippen LogP contribution in [-0.2, 0) is 9.59 Å². The third kappa shape index (κ3) is 6.59. The maximum Gasteiger partial charge on any atom is 0.141 e. The van der Waals surface area contributed by atoms with Gasteiger partial charge in [0.05, 0.1) is 11.9 Å². The van der Waals surface area contributed by atoms with E-state index in [1.165, 1.54) is 19.3 Å². The fourth-order valence-corrected chi connectivity index (χ4v) is 1.79. The smallest absolute Gasteiger partial charge is 0.141 e. The highest BCUT2D eigenvalue weighted by atomic mass is 16.4. The highest BCUT2D eigenvalue weighted by Crippen LogP contribution is 2.14. The van der Waals surface area contributed by atoms with Crippen LogP contribution < -0.4 is 5.11 Å². The summed E-state index contributed by atoms with van der Waals surface area (Å²) < 4.78 is 0. The molecular weight excluding hydrogens is 204 g/mol. The Morgan fingerprint density at radius 2 is 1.56 bits per heavy atom. The van der Waals surface area contributed by atoms with Crippen molar-refractivity contribution < 1.29 is 14.7 Å². The molecule has 0 aliphatic rings. The minimum absolute atomic E-state index is 0.200. The van der Waals surface area contributed by atoms with Crippen molar-refractivity contribution in [3.05, 3.63) is 0 Å². The molecule has 0 amide bonds. The molecule has 0 rings (SSSR count). The first-order valence-corrected chi connectivity index (χ1v) is 6.37. The van der Waals surface area contributed by atoms with Gasteiger partial charge in [-0.2, -0.15) is 0 Å². The molecule has 16 heavy (non-hydrogen) atoms. The summed E-state index contributed by atoms with van der Waals surface area (Å²) in [5.74, 6) is -2.29. The lowest BCUT2D eigenvalue weighted by molar-refractivity contribution is -0.310. The Morgan fingerprint density at radius 1 is 1.00 bits per heavy atom. The average molecular weight is 227 g/mol. The van der Waals surface area contributed by atoms with Gasteiger partial charge in [-0.25, -0.2) is 0 Å². The SMILES string of the molecule is CCCCCCCCC(C(=O)[O-])C(=O)CC. The number of aliphatic carboxylic acids is 1. The molecule has 3 nitrogen and oxygen atoms in total. The lowest BCUT2D eigenvalue weighted by Crippen LogP contribution is -2.36. The standard InChI is InChI=1S/C13H24O3/c1-3-5-6-7-8-9-10-11(13(15)16)12(14)4-2/h11H,3-10H2,1-2H3,(H,15,16)/p-1.